The summed E-state index contributed by atoms with van der Waals surface area (Å²) in [5, 5.41) is 0.861. The first-order chi connectivity index (χ1) is 11.9. The van der Waals surface area contributed by atoms with Gasteiger partial charge in [0.15, 0.2) is 5.65 Å². The third-order valence-corrected chi connectivity index (χ3v) is 4.52. The Hall–Kier alpha value is -2.71. The van der Waals surface area contributed by atoms with E-state index in [-0.39, 0.29) is 12.5 Å². The zero-order valence-electron chi connectivity index (χ0n) is 13.0. The van der Waals surface area contributed by atoms with Crippen LogP contribution in [0.1, 0.15) is 24.3 Å². The second-order valence-electron chi connectivity index (χ2n) is 6.14. The van der Waals surface area contributed by atoms with Crippen molar-refractivity contribution in [3.63, 3.8) is 0 Å². The standard InChI is InChI=1S/C16H14F3N5O/c17-16(18,19)5-12(25)24-4-2-9(7-24)10-1-3-20-11-6-21-15-14(13(10)11)22-8-23-15/h1,3,6,8-9,20H,2,4-5,7H2. The van der Waals surface area contributed by atoms with Crippen LogP contribution in [0.5, 0.6) is 0 Å². The number of alkyl halides is 3. The first-order valence-electron chi connectivity index (χ1n) is 7.83. The van der Waals surface area contributed by atoms with Crippen LogP contribution in [0.25, 0.3) is 22.1 Å². The first kappa shape index (κ1) is 15.8. The normalized spacial score (nSPS) is 18.4. The Bertz CT molecular complexity index is 952. The summed E-state index contributed by atoms with van der Waals surface area (Å²) in [7, 11) is 0. The quantitative estimate of drug-likeness (QED) is 0.772. The van der Waals surface area contributed by atoms with E-state index in [1.54, 1.807) is 12.4 Å². The summed E-state index contributed by atoms with van der Waals surface area (Å²) in [6.07, 6.45) is -0.417. The van der Waals surface area contributed by atoms with Crippen molar-refractivity contribution in [3.05, 3.63) is 30.4 Å². The van der Waals surface area contributed by atoms with Gasteiger partial charge in [0.25, 0.3) is 0 Å². The molecule has 1 aliphatic rings. The van der Waals surface area contributed by atoms with Crippen molar-refractivity contribution in [2.45, 2.75) is 24.9 Å². The maximum atomic E-state index is 12.5. The summed E-state index contributed by atoms with van der Waals surface area (Å²) in [6, 6.07) is 1.89. The van der Waals surface area contributed by atoms with E-state index in [9.17, 15) is 18.0 Å². The van der Waals surface area contributed by atoms with Crippen LogP contribution in [0.4, 0.5) is 13.2 Å². The number of fused-ring (bicyclic) bond motifs is 3. The predicted octanol–water partition coefficient (Wildman–Crippen LogP) is 2.77. The predicted molar refractivity (Wildman–Crippen MR) is 83.8 cm³/mol. The maximum Gasteiger partial charge on any atom is 0.397 e. The van der Waals surface area contributed by atoms with E-state index in [0.29, 0.717) is 24.1 Å². The molecule has 1 atom stereocenters. The van der Waals surface area contributed by atoms with E-state index >= 15 is 0 Å². The van der Waals surface area contributed by atoms with Crippen LogP contribution in [0, 0.1) is 0 Å². The lowest BCUT2D eigenvalue weighted by Gasteiger charge is -2.18. The molecule has 6 nitrogen and oxygen atoms in total. The van der Waals surface area contributed by atoms with E-state index in [1.807, 2.05) is 6.07 Å². The summed E-state index contributed by atoms with van der Waals surface area (Å²) in [6.45, 7) is 0.590. The van der Waals surface area contributed by atoms with Gasteiger partial charge in [-0.15, -0.1) is 0 Å². The largest absolute Gasteiger partial charge is 0.397 e. The SMILES string of the molecule is O=C(CC(F)(F)F)N1CCC(c2cc[nH]c3cnc4ncnc4c23)C1. The highest BCUT2D eigenvalue weighted by molar-refractivity contribution is 6.02. The lowest BCUT2D eigenvalue weighted by atomic mass is 9.95. The van der Waals surface area contributed by atoms with Gasteiger partial charge in [-0.25, -0.2) is 15.0 Å². The number of aromatic nitrogens is 4. The number of pyridine rings is 2. The third-order valence-electron chi connectivity index (χ3n) is 4.52. The molecule has 1 aliphatic heterocycles. The molecule has 1 amide bonds. The first-order valence-corrected chi connectivity index (χ1v) is 7.83. The molecule has 4 heterocycles. The van der Waals surface area contributed by atoms with E-state index in [2.05, 4.69) is 19.9 Å². The number of carbonyl (C=O) groups excluding carboxylic acids is 1. The van der Waals surface area contributed by atoms with Crippen LogP contribution in [-0.2, 0) is 4.79 Å². The molecule has 0 aliphatic carbocycles. The Morgan fingerprint density at radius 2 is 2.16 bits per heavy atom. The minimum absolute atomic E-state index is 0.0448. The van der Waals surface area contributed by atoms with Crippen LogP contribution in [-0.4, -0.2) is 50.0 Å². The van der Waals surface area contributed by atoms with Crippen molar-refractivity contribution >= 4 is 28.0 Å². The van der Waals surface area contributed by atoms with Crippen LogP contribution < -0.4 is 0 Å². The van der Waals surface area contributed by atoms with E-state index < -0.39 is 18.5 Å². The molecule has 4 rings (SSSR count). The average molecular weight is 349 g/mol. The monoisotopic (exact) mass is 349 g/mol. The maximum absolute atomic E-state index is 12.5. The molecule has 9 heteroatoms. The highest BCUT2D eigenvalue weighted by Crippen LogP contribution is 2.34. The fourth-order valence-corrected chi connectivity index (χ4v) is 3.42. The molecule has 0 bridgehead atoms. The van der Waals surface area contributed by atoms with Gasteiger partial charge in [0, 0.05) is 30.6 Å². The molecule has 1 unspecified atom stereocenters. The number of nitrogens with zero attached hydrogens (tertiary/aromatic N) is 4. The molecule has 0 aromatic carbocycles. The van der Waals surface area contributed by atoms with Gasteiger partial charge in [0.2, 0.25) is 5.91 Å². The fourth-order valence-electron chi connectivity index (χ4n) is 3.42. The molecular weight excluding hydrogens is 335 g/mol. The van der Waals surface area contributed by atoms with Crippen molar-refractivity contribution < 1.29 is 18.0 Å². The summed E-state index contributed by atoms with van der Waals surface area (Å²) >= 11 is 0. The topological polar surface area (TPSA) is 74.8 Å². The summed E-state index contributed by atoms with van der Waals surface area (Å²) in [5.74, 6) is -0.918. The molecule has 0 spiro atoms. The van der Waals surface area contributed by atoms with E-state index in [4.69, 9.17) is 0 Å². The number of nitrogens with one attached hydrogen (secondary N) is 1. The number of rotatable bonds is 2. The highest BCUT2D eigenvalue weighted by Gasteiger charge is 2.36. The molecule has 130 valence electrons. The number of aromatic amines is 1. The molecule has 25 heavy (non-hydrogen) atoms. The second-order valence-corrected chi connectivity index (χ2v) is 6.14. The highest BCUT2D eigenvalue weighted by atomic mass is 19.4. The third kappa shape index (κ3) is 2.90. The number of H-pyrrole nitrogens is 1. The minimum atomic E-state index is -4.48. The van der Waals surface area contributed by atoms with Crippen molar-refractivity contribution in [3.8, 4) is 0 Å². The van der Waals surface area contributed by atoms with Crippen LogP contribution in [0.15, 0.2) is 24.8 Å². The zero-order valence-corrected chi connectivity index (χ0v) is 13.0. The van der Waals surface area contributed by atoms with Crippen LogP contribution in [0.2, 0.25) is 0 Å². The number of imidazole rings is 1. The van der Waals surface area contributed by atoms with Crippen molar-refractivity contribution in [2.24, 2.45) is 0 Å². The summed E-state index contributed by atoms with van der Waals surface area (Å²) < 4.78 is 37.4. The average Bonchev–Trinajstić information content (AvgIpc) is 3.22. The van der Waals surface area contributed by atoms with Crippen LogP contribution in [0.3, 0.4) is 0 Å². The Labute approximate surface area is 140 Å². The molecule has 3 aromatic heterocycles. The summed E-state index contributed by atoms with van der Waals surface area (Å²) in [5.41, 5.74) is 2.91. The van der Waals surface area contributed by atoms with Gasteiger partial charge in [-0.1, -0.05) is 0 Å². The van der Waals surface area contributed by atoms with Gasteiger partial charge in [-0.2, -0.15) is 13.2 Å². The molecule has 0 saturated carbocycles. The number of amides is 1. The molecular formula is C16H14F3N5O. The molecule has 1 N–H and O–H groups in total. The smallest absolute Gasteiger partial charge is 0.360 e. The minimum Gasteiger partial charge on any atom is -0.360 e. The molecule has 1 fully saturated rings. The fraction of sp³-hybridized carbons (Fsp3) is 0.375. The van der Waals surface area contributed by atoms with Crippen molar-refractivity contribution in [1.29, 1.82) is 0 Å². The van der Waals surface area contributed by atoms with E-state index in [1.165, 1.54) is 11.2 Å². The van der Waals surface area contributed by atoms with Gasteiger partial charge >= 0.3 is 6.18 Å². The number of likely N-dealkylation sites (tertiary alicyclic amines) is 1. The van der Waals surface area contributed by atoms with Crippen molar-refractivity contribution in [1.82, 2.24) is 24.8 Å². The number of hydrogen-bond acceptors (Lipinski definition) is 4. The van der Waals surface area contributed by atoms with Gasteiger partial charge in [-0.05, 0) is 18.1 Å². The zero-order chi connectivity index (χ0) is 17.6. The number of carbonyl (C=O) groups is 1. The second kappa shape index (κ2) is 5.68. The number of hydrogen-bond donors (Lipinski definition) is 1. The van der Waals surface area contributed by atoms with Gasteiger partial charge in [0.05, 0.1) is 11.7 Å². The number of halogens is 3. The lowest BCUT2D eigenvalue weighted by Crippen LogP contribution is -2.32. The Kier molecular flexibility index (Phi) is 3.59. The Morgan fingerprint density at radius 1 is 1.32 bits per heavy atom. The van der Waals surface area contributed by atoms with Gasteiger partial charge in [-0.3, -0.25) is 4.79 Å². The lowest BCUT2D eigenvalue weighted by molar-refractivity contribution is -0.160. The van der Waals surface area contributed by atoms with Crippen LogP contribution >= 0.6 is 0 Å². The van der Waals surface area contributed by atoms with Crippen molar-refractivity contribution in [2.75, 3.05) is 13.1 Å². The van der Waals surface area contributed by atoms with E-state index in [0.717, 1.165) is 16.5 Å². The molecule has 0 radical (unpaired) electrons. The van der Waals surface area contributed by atoms with Gasteiger partial charge in [0.1, 0.15) is 18.3 Å². The molecule has 3 aromatic rings. The Morgan fingerprint density at radius 3 is 2.96 bits per heavy atom. The summed E-state index contributed by atoms with van der Waals surface area (Å²) in [4.78, 5) is 28.8. The van der Waals surface area contributed by atoms with Gasteiger partial charge < -0.3 is 9.88 Å². The molecule has 1 saturated heterocycles. The Balaban J connectivity index is 1.67.